The van der Waals surface area contributed by atoms with Crippen molar-refractivity contribution in [3.05, 3.63) is 29.3 Å². The van der Waals surface area contributed by atoms with Crippen molar-refractivity contribution in [1.82, 2.24) is 10.6 Å². The molecule has 0 heterocycles. The van der Waals surface area contributed by atoms with Crippen molar-refractivity contribution in [3.8, 4) is 0 Å². The fourth-order valence-corrected chi connectivity index (χ4v) is 2.25. The molecular formula is C16H23F3N4O3. The van der Waals surface area contributed by atoms with Crippen LogP contribution in [0.4, 0.5) is 18.9 Å². The van der Waals surface area contributed by atoms with Gasteiger partial charge in [0.25, 0.3) is 5.91 Å². The number of hydrogen-bond acceptors (Lipinski definition) is 5. The van der Waals surface area contributed by atoms with Crippen molar-refractivity contribution in [3.63, 3.8) is 0 Å². The van der Waals surface area contributed by atoms with Gasteiger partial charge < -0.3 is 27.2 Å². The molecule has 0 saturated carbocycles. The fraction of sp³-hybridized carbons (Fsp3) is 0.500. The number of anilines is 1. The van der Waals surface area contributed by atoms with Crippen LogP contribution in [-0.4, -0.2) is 42.2 Å². The molecule has 0 radical (unpaired) electrons. The van der Waals surface area contributed by atoms with E-state index in [1.165, 1.54) is 0 Å². The van der Waals surface area contributed by atoms with Crippen LogP contribution >= 0.6 is 0 Å². The zero-order valence-electron chi connectivity index (χ0n) is 14.3. The third kappa shape index (κ3) is 6.19. The van der Waals surface area contributed by atoms with Gasteiger partial charge in [-0.2, -0.15) is 13.2 Å². The van der Waals surface area contributed by atoms with Gasteiger partial charge in [0.05, 0.1) is 29.8 Å². The molecule has 0 aliphatic heterocycles. The second kappa shape index (κ2) is 9.39. The number of hydrogen-bond donors (Lipinski definition) is 5. The summed E-state index contributed by atoms with van der Waals surface area (Å²) in [6.45, 7) is 1.36. The molecule has 0 fully saturated rings. The Morgan fingerprint density at radius 2 is 1.96 bits per heavy atom. The van der Waals surface area contributed by atoms with Crippen LogP contribution in [0.1, 0.15) is 35.7 Å². The highest BCUT2D eigenvalue weighted by Gasteiger charge is 2.31. The maximum atomic E-state index is 12.7. The van der Waals surface area contributed by atoms with E-state index in [-0.39, 0.29) is 17.8 Å². The molecule has 0 unspecified atom stereocenters. The Hall–Kier alpha value is -2.33. The van der Waals surface area contributed by atoms with Crippen molar-refractivity contribution in [2.45, 2.75) is 38.1 Å². The molecule has 7 N–H and O–H groups in total. The van der Waals surface area contributed by atoms with Crippen LogP contribution in [0.3, 0.4) is 0 Å². The lowest BCUT2D eigenvalue weighted by atomic mass is 10.1. The van der Waals surface area contributed by atoms with Gasteiger partial charge in [-0.15, -0.1) is 0 Å². The average molecular weight is 376 g/mol. The molecule has 2 amide bonds. The SMILES string of the molecule is CCC[C@H](O)[C@H](CN)NC(=O)CNC(=O)c1cc(C(F)(F)F)ccc1N. The molecule has 0 aromatic heterocycles. The Kier molecular flexibility index (Phi) is 7.84. The number of halogens is 3. The van der Waals surface area contributed by atoms with Crippen LogP contribution in [0.2, 0.25) is 0 Å². The second-order valence-corrected chi connectivity index (χ2v) is 5.75. The summed E-state index contributed by atoms with van der Waals surface area (Å²) in [7, 11) is 0. The van der Waals surface area contributed by atoms with E-state index in [1.807, 2.05) is 6.92 Å². The van der Waals surface area contributed by atoms with Gasteiger partial charge in [0.2, 0.25) is 5.91 Å². The predicted molar refractivity (Wildman–Crippen MR) is 90.1 cm³/mol. The molecule has 0 aliphatic carbocycles. The van der Waals surface area contributed by atoms with E-state index in [0.717, 1.165) is 12.1 Å². The molecule has 1 aromatic rings. The number of aliphatic hydroxyl groups is 1. The topological polar surface area (TPSA) is 130 Å². The number of alkyl halides is 3. The summed E-state index contributed by atoms with van der Waals surface area (Å²) in [6, 6.07) is 1.68. The van der Waals surface area contributed by atoms with E-state index in [0.29, 0.717) is 18.9 Å². The molecule has 7 nitrogen and oxygen atoms in total. The van der Waals surface area contributed by atoms with Crippen molar-refractivity contribution >= 4 is 17.5 Å². The molecule has 2 atom stereocenters. The molecule has 0 spiro atoms. The molecule has 146 valence electrons. The van der Waals surface area contributed by atoms with Gasteiger partial charge in [0.1, 0.15) is 0 Å². The first kappa shape index (κ1) is 21.7. The molecule has 0 saturated heterocycles. The van der Waals surface area contributed by atoms with Crippen molar-refractivity contribution in [1.29, 1.82) is 0 Å². The summed E-state index contributed by atoms with van der Waals surface area (Å²) >= 11 is 0. The van der Waals surface area contributed by atoms with Gasteiger partial charge in [-0.3, -0.25) is 9.59 Å². The van der Waals surface area contributed by atoms with E-state index in [4.69, 9.17) is 11.5 Å². The highest BCUT2D eigenvalue weighted by molar-refractivity contribution is 6.00. The van der Waals surface area contributed by atoms with E-state index in [1.54, 1.807) is 0 Å². The first-order valence-electron chi connectivity index (χ1n) is 8.02. The zero-order chi connectivity index (χ0) is 19.9. The summed E-state index contributed by atoms with van der Waals surface area (Å²) in [6.07, 6.45) is -4.32. The summed E-state index contributed by atoms with van der Waals surface area (Å²) in [4.78, 5) is 23.9. The minimum absolute atomic E-state index is 0.00142. The molecule has 1 rings (SSSR count). The minimum Gasteiger partial charge on any atom is -0.398 e. The van der Waals surface area contributed by atoms with Crippen LogP contribution in [0.15, 0.2) is 18.2 Å². The molecule has 26 heavy (non-hydrogen) atoms. The highest BCUT2D eigenvalue weighted by atomic mass is 19.4. The number of carbonyl (C=O) groups excluding carboxylic acids is 2. The lowest BCUT2D eigenvalue weighted by molar-refractivity contribution is -0.137. The van der Waals surface area contributed by atoms with Crippen LogP contribution in [0.25, 0.3) is 0 Å². The first-order valence-corrected chi connectivity index (χ1v) is 8.02. The van der Waals surface area contributed by atoms with Gasteiger partial charge in [-0.25, -0.2) is 0 Å². The van der Waals surface area contributed by atoms with Gasteiger partial charge in [0.15, 0.2) is 0 Å². The monoisotopic (exact) mass is 376 g/mol. The largest absolute Gasteiger partial charge is 0.416 e. The van der Waals surface area contributed by atoms with Crippen LogP contribution in [0, 0.1) is 0 Å². The Balaban J connectivity index is 2.70. The smallest absolute Gasteiger partial charge is 0.398 e. The Morgan fingerprint density at radius 1 is 1.31 bits per heavy atom. The maximum absolute atomic E-state index is 12.7. The quantitative estimate of drug-likeness (QED) is 0.425. The van der Waals surface area contributed by atoms with Crippen LogP contribution in [0.5, 0.6) is 0 Å². The molecule has 0 aliphatic rings. The number of carbonyl (C=O) groups is 2. The number of amides is 2. The van der Waals surface area contributed by atoms with Crippen molar-refractivity contribution < 1.29 is 27.9 Å². The Morgan fingerprint density at radius 3 is 2.50 bits per heavy atom. The Labute approximate surface area is 148 Å². The predicted octanol–water partition coefficient (Wildman–Crippen LogP) is 0.622. The summed E-state index contributed by atoms with van der Waals surface area (Å²) in [5, 5.41) is 14.5. The summed E-state index contributed by atoms with van der Waals surface area (Å²) in [5.74, 6) is -1.54. The number of benzene rings is 1. The third-order valence-electron chi connectivity index (χ3n) is 3.68. The number of aliphatic hydroxyl groups excluding tert-OH is 1. The number of nitrogens with one attached hydrogen (secondary N) is 2. The molecule has 1 aromatic carbocycles. The average Bonchev–Trinajstić information content (AvgIpc) is 2.57. The van der Waals surface area contributed by atoms with E-state index in [9.17, 15) is 27.9 Å². The van der Waals surface area contributed by atoms with Gasteiger partial charge in [-0.1, -0.05) is 13.3 Å². The summed E-state index contributed by atoms with van der Waals surface area (Å²) < 4.78 is 38.2. The fourth-order valence-electron chi connectivity index (χ4n) is 2.25. The van der Waals surface area contributed by atoms with E-state index in [2.05, 4.69) is 10.6 Å². The van der Waals surface area contributed by atoms with Gasteiger partial charge >= 0.3 is 6.18 Å². The molecule has 0 bridgehead atoms. The highest BCUT2D eigenvalue weighted by Crippen LogP contribution is 2.31. The van der Waals surface area contributed by atoms with E-state index < -0.39 is 42.2 Å². The normalized spacial score (nSPS) is 13.8. The van der Waals surface area contributed by atoms with E-state index >= 15 is 0 Å². The number of nitrogen functional groups attached to an aromatic ring is 1. The van der Waals surface area contributed by atoms with Crippen LogP contribution in [-0.2, 0) is 11.0 Å². The number of rotatable bonds is 8. The lowest BCUT2D eigenvalue weighted by Gasteiger charge is -2.22. The molecule has 10 heteroatoms. The second-order valence-electron chi connectivity index (χ2n) is 5.75. The number of nitrogens with two attached hydrogens (primary N) is 2. The van der Waals surface area contributed by atoms with Crippen LogP contribution < -0.4 is 22.1 Å². The third-order valence-corrected chi connectivity index (χ3v) is 3.68. The first-order chi connectivity index (χ1) is 12.1. The Bertz CT molecular complexity index is 638. The zero-order valence-corrected chi connectivity index (χ0v) is 14.3. The molecular weight excluding hydrogens is 353 g/mol. The minimum atomic E-state index is -4.62. The maximum Gasteiger partial charge on any atom is 0.416 e. The van der Waals surface area contributed by atoms with Crippen molar-refractivity contribution in [2.75, 3.05) is 18.8 Å². The van der Waals surface area contributed by atoms with Gasteiger partial charge in [-0.05, 0) is 24.6 Å². The standard InChI is InChI=1S/C16H23F3N4O3/c1-2-3-13(24)12(7-20)23-14(25)8-22-15(26)10-6-9(16(17,18)19)4-5-11(10)21/h4-6,12-13,24H,2-3,7-8,20-21H2,1H3,(H,22,26)(H,23,25)/t12-,13-/m0/s1. The lowest BCUT2D eigenvalue weighted by Crippen LogP contribution is -2.50. The van der Waals surface area contributed by atoms with Crippen molar-refractivity contribution in [2.24, 2.45) is 5.73 Å². The van der Waals surface area contributed by atoms with Gasteiger partial charge in [0, 0.05) is 12.2 Å². The summed E-state index contributed by atoms with van der Waals surface area (Å²) in [5.41, 5.74) is 9.48.